The summed E-state index contributed by atoms with van der Waals surface area (Å²) in [5, 5.41) is 0. The molecule has 0 unspecified atom stereocenters. The number of halogens is 2. The van der Waals surface area contributed by atoms with Gasteiger partial charge in [-0.3, -0.25) is 0 Å². The first-order valence-corrected chi connectivity index (χ1v) is 5.94. The molecule has 0 aromatic heterocycles. The van der Waals surface area contributed by atoms with Gasteiger partial charge in [-0.05, 0) is 36.5 Å². The van der Waals surface area contributed by atoms with Gasteiger partial charge in [-0.2, -0.15) is 0 Å². The Bertz CT molecular complexity index is 271. The highest BCUT2D eigenvalue weighted by Gasteiger charge is 1.99. The molecule has 1 rings (SSSR count). The summed E-state index contributed by atoms with van der Waals surface area (Å²) in [5.41, 5.74) is 2.77. The zero-order chi connectivity index (χ0) is 9.68. The van der Waals surface area contributed by atoms with E-state index in [2.05, 4.69) is 41.1 Å². The van der Waals surface area contributed by atoms with Gasteiger partial charge in [0.15, 0.2) is 0 Å². The van der Waals surface area contributed by atoms with Gasteiger partial charge in [0.25, 0.3) is 0 Å². The molecular weight excluding hydrogens is 247 g/mol. The fourth-order valence-corrected chi connectivity index (χ4v) is 1.99. The third kappa shape index (κ3) is 3.32. The molecule has 2 heteroatoms. The predicted molar refractivity (Wildman–Crippen MR) is 62.6 cm³/mol. The Morgan fingerprint density at radius 3 is 2.77 bits per heavy atom. The summed E-state index contributed by atoms with van der Waals surface area (Å²) in [4.78, 5) is 0. The summed E-state index contributed by atoms with van der Waals surface area (Å²) in [6.07, 6.45) is 3.23. The monoisotopic (exact) mass is 260 g/mol. The van der Waals surface area contributed by atoms with E-state index < -0.39 is 0 Å². The largest absolute Gasteiger partial charge is 0.127 e. The van der Waals surface area contributed by atoms with Crippen LogP contribution in [-0.2, 0) is 12.8 Å². The maximum absolute atomic E-state index is 5.65. The van der Waals surface area contributed by atoms with Crippen molar-refractivity contribution >= 4 is 27.5 Å². The highest BCUT2D eigenvalue weighted by atomic mass is 79.9. The quantitative estimate of drug-likeness (QED) is 0.713. The smallest absolute Gasteiger partial charge is 0.0226 e. The molecule has 0 nitrogen and oxygen atoms in total. The summed E-state index contributed by atoms with van der Waals surface area (Å²) in [6, 6.07) is 6.55. The minimum Gasteiger partial charge on any atom is -0.127 e. The second-order valence-corrected chi connectivity index (χ2v) is 4.30. The number of hydrogen-bond donors (Lipinski definition) is 0. The minimum atomic E-state index is 0.748. The van der Waals surface area contributed by atoms with Crippen LogP contribution in [-0.4, -0.2) is 5.88 Å². The van der Waals surface area contributed by atoms with Crippen molar-refractivity contribution in [1.82, 2.24) is 0 Å². The zero-order valence-corrected chi connectivity index (χ0v) is 10.2. The summed E-state index contributed by atoms with van der Waals surface area (Å²) in [7, 11) is 0. The number of alkyl halides is 1. The Labute approximate surface area is 93.4 Å². The molecule has 72 valence electrons. The lowest BCUT2D eigenvalue weighted by Crippen LogP contribution is -1.90. The van der Waals surface area contributed by atoms with Crippen molar-refractivity contribution in [2.45, 2.75) is 26.2 Å². The molecule has 0 atom stereocenters. The Hall–Kier alpha value is -0.0100. The SMILES string of the molecule is CCc1cc(CCCCl)ccc1Br. The van der Waals surface area contributed by atoms with E-state index in [1.807, 2.05) is 0 Å². The molecular formula is C11H14BrCl. The number of benzene rings is 1. The van der Waals surface area contributed by atoms with E-state index in [-0.39, 0.29) is 0 Å². The molecule has 13 heavy (non-hydrogen) atoms. The van der Waals surface area contributed by atoms with E-state index in [4.69, 9.17) is 11.6 Å². The summed E-state index contributed by atoms with van der Waals surface area (Å²) in [6.45, 7) is 2.17. The number of hydrogen-bond acceptors (Lipinski definition) is 0. The standard InChI is InChI=1S/C11H14BrCl/c1-2-10-8-9(4-3-7-13)5-6-11(10)12/h5-6,8H,2-4,7H2,1H3. The van der Waals surface area contributed by atoms with Crippen LogP contribution in [0.2, 0.25) is 0 Å². The van der Waals surface area contributed by atoms with Gasteiger partial charge in [-0.25, -0.2) is 0 Å². The first-order valence-electron chi connectivity index (χ1n) is 4.61. The van der Waals surface area contributed by atoms with Crippen molar-refractivity contribution in [2.24, 2.45) is 0 Å². The second-order valence-electron chi connectivity index (χ2n) is 3.07. The normalized spacial score (nSPS) is 10.4. The van der Waals surface area contributed by atoms with Crippen molar-refractivity contribution in [3.63, 3.8) is 0 Å². The average Bonchev–Trinajstić information content (AvgIpc) is 2.16. The van der Waals surface area contributed by atoms with Crippen LogP contribution in [0.4, 0.5) is 0 Å². The van der Waals surface area contributed by atoms with Crippen LogP contribution in [0.25, 0.3) is 0 Å². The Kier molecular flexibility index (Phi) is 4.82. The van der Waals surface area contributed by atoms with Crippen LogP contribution in [0.3, 0.4) is 0 Å². The Morgan fingerprint density at radius 1 is 1.38 bits per heavy atom. The van der Waals surface area contributed by atoms with Crippen LogP contribution >= 0.6 is 27.5 Å². The van der Waals surface area contributed by atoms with Crippen molar-refractivity contribution in [3.8, 4) is 0 Å². The van der Waals surface area contributed by atoms with E-state index in [0.717, 1.165) is 25.1 Å². The lowest BCUT2D eigenvalue weighted by Gasteiger charge is -2.04. The van der Waals surface area contributed by atoms with Crippen molar-refractivity contribution in [1.29, 1.82) is 0 Å². The molecule has 0 N–H and O–H groups in total. The molecule has 0 heterocycles. The predicted octanol–water partition coefficient (Wildman–Crippen LogP) is 4.18. The molecule has 0 saturated heterocycles. The highest BCUT2D eigenvalue weighted by Crippen LogP contribution is 2.19. The summed E-state index contributed by atoms with van der Waals surface area (Å²) in [5.74, 6) is 0.748. The van der Waals surface area contributed by atoms with Crippen LogP contribution < -0.4 is 0 Å². The molecule has 0 spiro atoms. The number of rotatable bonds is 4. The third-order valence-corrected chi connectivity index (χ3v) is 3.13. The zero-order valence-electron chi connectivity index (χ0n) is 7.82. The van der Waals surface area contributed by atoms with Gasteiger partial charge < -0.3 is 0 Å². The Balaban J connectivity index is 2.74. The maximum Gasteiger partial charge on any atom is 0.0226 e. The fraction of sp³-hybridized carbons (Fsp3) is 0.455. The van der Waals surface area contributed by atoms with E-state index in [1.165, 1.54) is 15.6 Å². The summed E-state index contributed by atoms with van der Waals surface area (Å²) >= 11 is 9.18. The van der Waals surface area contributed by atoms with Gasteiger partial charge >= 0.3 is 0 Å². The third-order valence-electron chi connectivity index (χ3n) is 2.09. The fourth-order valence-electron chi connectivity index (χ4n) is 1.33. The molecule has 0 amide bonds. The van der Waals surface area contributed by atoms with Gasteiger partial charge in [0.1, 0.15) is 0 Å². The topological polar surface area (TPSA) is 0 Å². The molecule has 0 aliphatic carbocycles. The number of aryl methyl sites for hydroxylation is 2. The highest BCUT2D eigenvalue weighted by molar-refractivity contribution is 9.10. The molecule has 0 aliphatic heterocycles. The van der Waals surface area contributed by atoms with E-state index >= 15 is 0 Å². The van der Waals surface area contributed by atoms with E-state index in [9.17, 15) is 0 Å². The first-order chi connectivity index (χ1) is 6.27. The first kappa shape index (κ1) is 11.1. The minimum absolute atomic E-state index is 0.748. The van der Waals surface area contributed by atoms with E-state index in [1.54, 1.807) is 0 Å². The second kappa shape index (κ2) is 5.66. The molecule has 0 aliphatic rings. The Morgan fingerprint density at radius 2 is 2.15 bits per heavy atom. The molecule has 0 fully saturated rings. The van der Waals surface area contributed by atoms with Gasteiger partial charge in [-0.15, -0.1) is 11.6 Å². The van der Waals surface area contributed by atoms with Crippen LogP contribution in [0.15, 0.2) is 22.7 Å². The molecule has 0 saturated carbocycles. The van der Waals surface area contributed by atoms with Crippen LogP contribution in [0, 0.1) is 0 Å². The summed E-state index contributed by atoms with van der Waals surface area (Å²) < 4.78 is 1.21. The van der Waals surface area contributed by atoms with Crippen molar-refractivity contribution < 1.29 is 0 Å². The lowest BCUT2D eigenvalue weighted by atomic mass is 10.1. The molecule has 0 radical (unpaired) electrons. The van der Waals surface area contributed by atoms with Crippen LogP contribution in [0.1, 0.15) is 24.5 Å². The maximum atomic E-state index is 5.65. The van der Waals surface area contributed by atoms with Gasteiger partial charge in [0.2, 0.25) is 0 Å². The van der Waals surface area contributed by atoms with Crippen molar-refractivity contribution in [3.05, 3.63) is 33.8 Å². The average molecular weight is 262 g/mol. The molecule has 0 bridgehead atoms. The van der Waals surface area contributed by atoms with Crippen molar-refractivity contribution in [2.75, 3.05) is 5.88 Å². The molecule has 1 aromatic carbocycles. The van der Waals surface area contributed by atoms with Gasteiger partial charge in [0.05, 0.1) is 0 Å². The van der Waals surface area contributed by atoms with Gasteiger partial charge in [-0.1, -0.05) is 35.0 Å². The molecule has 1 aromatic rings. The van der Waals surface area contributed by atoms with Gasteiger partial charge in [0, 0.05) is 10.4 Å². The lowest BCUT2D eigenvalue weighted by molar-refractivity contribution is 0.923. The van der Waals surface area contributed by atoms with Crippen LogP contribution in [0.5, 0.6) is 0 Å². The van der Waals surface area contributed by atoms with E-state index in [0.29, 0.717) is 0 Å².